The standard InChI is InChI=1S/C15H26N2/c1-11-10-12(15(2,3)4)8-9-13(11)14(16-5)17(6)7/h8-10,14,16H,1-7H3. The summed E-state index contributed by atoms with van der Waals surface area (Å²) >= 11 is 0. The molecule has 1 aromatic rings. The Morgan fingerprint density at radius 3 is 2.12 bits per heavy atom. The Bertz CT molecular complexity index is 375. The zero-order valence-electron chi connectivity index (χ0n) is 12.3. The molecule has 0 aliphatic carbocycles. The van der Waals surface area contributed by atoms with Crippen LogP contribution >= 0.6 is 0 Å². The second-order valence-electron chi connectivity index (χ2n) is 5.98. The van der Waals surface area contributed by atoms with Crippen LogP contribution in [0.25, 0.3) is 0 Å². The van der Waals surface area contributed by atoms with Gasteiger partial charge in [0.1, 0.15) is 0 Å². The van der Waals surface area contributed by atoms with Gasteiger partial charge in [-0.2, -0.15) is 0 Å². The number of aryl methyl sites for hydroxylation is 1. The Labute approximate surface area is 106 Å². The van der Waals surface area contributed by atoms with E-state index in [9.17, 15) is 0 Å². The Hall–Kier alpha value is -0.860. The molecule has 0 amide bonds. The fraction of sp³-hybridized carbons (Fsp3) is 0.600. The highest BCUT2D eigenvalue weighted by Crippen LogP contribution is 2.27. The van der Waals surface area contributed by atoms with Crippen molar-refractivity contribution in [3.05, 3.63) is 34.9 Å². The first-order chi connectivity index (χ1) is 7.77. The molecule has 17 heavy (non-hydrogen) atoms. The van der Waals surface area contributed by atoms with E-state index in [2.05, 4.69) is 70.2 Å². The molecule has 1 atom stereocenters. The second-order valence-corrected chi connectivity index (χ2v) is 5.98. The summed E-state index contributed by atoms with van der Waals surface area (Å²) in [6.45, 7) is 8.95. The van der Waals surface area contributed by atoms with Gasteiger partial charge in [-0.25, -0.2) is 0 Å². The van der Waals surface area contributed by atoms with Gasteiger partial charge in [-0.05, 0) is 50.2 Å². The van der Waals surface area contributed by atoms with E-state index in [1.165, 1.54) is 16.7 Å². The van der Waals surface area contributed by atoms with Crippen LogP contribution in [0.5, 0.6) is 0 Å². The van der Waals surface area contributed by atoms with Gasteiger partial charge in [-0.1, -0.05) is 39.0 Å². The van der Waals surface area contributed by atoms with Gasteiger partial charge in [0.2, 0.25) is 0 Å². The van der Waals surface area contributed by atoms with Crippen LogP contribution in [-0.2, 0) is 5.41 Å². The fourth-order valence-corrected chi connectivity index (χ4v) is 2.14. The third-order valence-electron chi connectivity index (χ3n) is 3.22. The van der Waals surface area contributed by atoms with Crippen molar-refractivity contribution in [3.63, 3.8) is 0 Å². The second kappa shape index (κ2) is 5.19. The third-order valence-corrected chi connectivity index (χ3v) is 3.22. The van der Waals surface area contributed by atoms with E-state index in [4.69, 9.17) is 0 Å². The van der Waals surface area contributed by atoms with Crippen molar-refractivity contribution in [1.29, 1.82) is 0 Å². The summed E-state index contributed by atoms with van der Waals surface area (Å²) in [5.74, 6) is 0. The van der Waals surface area contributed by atoms with Gasteiger partial charge in [0.05, 0.1) is 6.17 Å². The predicted molar refractivity (Wildman–Crippen MR) is 75.4 cm³/mol. The summed E-state index contributed by atoms with van der Waals surface area (Å²) in [4.78, 5) is 2.19. The fourth-order valence-electron chi connectivity index (χ4n) is 2.14. The van der Waals surface area contributed by atoms with Crippen molar-refractivity contribution in [2.24, 2.45) is 0 Å². The summed E-state index contributed by atoms with van der Waals surface area (Å²) in [5, 5.41) is 3.34. The quantitative estimate of drug-likeness (QED) is 0.809. The number of benzene rings is 1. The van der Waals surface area contributed by atoms with Crippen molar-refractivity contribution in [3.8, 4) is 0 Å². The van der Waals surface area contributed by atoms with Gasteiger partial charge in [0.25, 0.3) is 0 Å². The lowest BCUT2D eigenvalue weighted by atomic mass is 9.85. The molecule has 2 heteroatoms. The van der Waals surface area contributed by atoms with Crippen LogP contribution in [-0.4, -0.2) is 26.0 Å². The van der Waals surface area contributed by atoms with Crippen molar-refractivity contribution in [2.45, 2.75) is 39.3 Å². The smallest absolute Gasteiger partial charge is 0.0855 e. The molecule has 0 saturated heterocycles. The van der Waals surface area contributed by atoms with E-state index in [1.54, 1.807) is 0 Å². The first-order valence-electron chi connectivity index (χ1n) is 6.22. The minimum absolute atomic E-state index is 0.219. The number of hydrogen-bond donors (Lipinski definition) is 1. The lowest BCUT2D eigenvalue weighted by molar-refractivity contribution is 0.263. The molecule has 0 saturated carbocycles. The minimum Gasteiger partial charge on any atom is -0.301 e. The van der Waals surface area contributed by atoms with Crippen LogP contribution in [0.4, 0.5) is 0 Å². The average Bonchev–Trinajstić information content (AvgIpc) is 2.19. The van der Waals surface area contributed by atoms with E-state index in [1.807, 2.05) is 7.05 Å². The largest absolute Gasteiger partial charge is 0.301 e. The molecule has 1 unspecified atom stereocenters. The maximum Gasteiger partial charge on any atom is 0.0855 e. The zero-order chi connectivity index (χ0) is 13.2. The minimum atomic E-state index is 0.219. The molecular formula is C15H26N2. The van der Waals surface area contributed by atoms with Gasteiger partial charge in [-0.15, -0.1) is 0 Å². The Kier molecular flexibility index (Phi) is 4.34. The molecule has 0 aliphatic heterocycles. The normalized spacial score (nSPS) is 14.1. The first kappa shape index (κ1) is 14.2. The first-order valence-corrected chi connectivity index (χ1v) is 6.22. The third kappa shape index (κ3) is 3.30. The Morgan fingerprint density at radius 1 is 1.18 bits per heavy atom. The highest BCUT2D eigenvalue weighted by Gasteiger charge is 2.18. The Balaban J connectivity index is 3.13. The molecule has 0 fully saturated rings. The van der Waals surface area contributed by atoms with Crippen molar-refractivity contribution >= 4 is 0 Å². The molecule has 0 radical (unpaired) electrons. The molecule has 1 rings (SSSR count). The molecule has 2 nitrogen and oxygen atoms in total. The number of rotatable bonds is 3. The molecule has 0 bridgehead atoms. The van der Waals surface area contributed by atoms with E-state index in [-0.39, 0.29) is 11.6 Å². The highest BCUT2D eigenvalue weighted by molar-refractivity contribution is 5.36. The van der Waals surface area contributed by atoms with Crippen LogP contribution in [0.15, 0.2) is 18.2 Å². The van der Waals surface area contributed by atoms with Gasteiger partial charge in [0, 0.05) is 0 Å². The summed E-state index contributed by atoms with van der Waals surface area (Å²) in [5.41, 5.74) is 4.32. The lowest BCUT2D eigenvalue weighted by Gasteiger charge is -2.27. The summed E-state index contributed by atoms with van der Waals surface area (Å²) < 4.78 is 0. The van der Waals surface area contributed by atoms with Crippen molar-refractivity contribution in [1.82, 2.24) is 10.2 Å². The zero-order valence-corrected chi connectivity index (χ0v) is 12.3. The van der Waals surface area contributed by atoms with Gasteiger partial charge < -0.3 is 5.32 Å². The summed E-state index contributed by atoms with van der Waals surface area (Å²) in [7, 11) is 6.19. The highest BCUT2D eigenvalue weighted by atomic mass is 15.2. The molecule has 0 spiro atoms. The van der Waals surface area contributed by atoms with Crippen LogP contribution in [0.2, 0.25) is 0 Å². The van der Waals surface area contributed by atoms with Gasteiger partial charge in [-0.3, -0.25) is 4.90 Å². The van der Waals surface area contributed by atoms with Gasteiger partial charge in [0.15, 0.2) is 0 Å². The number of hydrogen-bond acceptors (Lipinski definition) is 2. The maximum atomic E-state index is 3.34. The van der Waals surface area contributed by atoms with Crippen LogP contribution in [0.1, 0.15) is 43.6 Å². The predicted octanol–water partition coefficient (Wildman–Crippen LogP) is 3.07. The number of nitrogens with zero attached hydrogens (tertiary/aromatic N) is 1. The van der Waals surface area contributed by atoms with Crippen LogP contribution < -0.4 is 5.32 Å². The monoisotopic (exact) mass is 234 g/mol. The SMILES string of the molecule is CNC(c1ccc(C(C)(C)C)cc1C)N(C)C. The molecule has 1 N–H and O–H groups in total. The Morgan fingerprint density at radius 2 is 1.76 bits per heavy atom. The van der Waals surface area contributed by atoms with E-state index in [0.717, 1.165) is 0 Å². The molecule has 96 valence electrons. The van der Waals surface area contributed by atoms with Crippen molar-refractivity contribution < 1.29 is 0 Å². The summed E-state index contributed by atoms with van der Waals surface area (Å²) in [6.07, 6.45) is 0.281. The van der Waals surface area contributed by atoms with E-state index in [0.29, 0.717) is 0 Å². The molecule has 0 aromatic heterocycles. The number of nitrogens with one attached hydrogen (secondary N) is 1. The van der Waals surface area contributed by atoms with Crippen molar-refractivity contribution in [2.75, 3.05) is 21.1 Å². The molecule has 0 heterocycles. The van der Waals surface area contributed by atoms with E-state index < -0.39 is 0 Å². The van der Waals surface area contributed by atoms with Crippen LogP contribution in [0, 0.1) is 6.92 Å². The molecular weight excluding hydrogens is 208 g/mol. The molecule has 0 aliphatic rings. The molecule has 1 aromatic carbocycles. The van der Waals surface area contributed by atoms with E-state index >= 15 is 0 Å². The van der Waals surface area contributed by atoms with Gasteiger partial charge >= 0.3 is 0 Å². The average molecular weight is 234 g/mol. The lowest BCUT2D eigenvalue weighted by Crippen LogP contribution is -2.31. The van der Waals surface area contributed by atoms with Crippen LogP contribution in [0.3, 0.4) is 0 Å². The topological polar surface area (TPSA) is 15.3 Å². The summed E-state index contributed by atoms with van der Waals surface area (Å²) in [6, 6.07) is 6.80. The maximum absolute atomic E-state index is 3.34.